The summed E-state index contributed by atoms with van der Waals surface area (Å²) in [4.78, 5) is 45.5. The van der Waals surface area contributed by atoms with E-state index in [0.29, 0.717) is 48.2 Å². The van der Waals surface area contributed by atoms with E-state index in [1.54, 1.807) is 28.0 Å². The van der Waals surface area contributed by atoms with Gasteiger partial charge in [-0.2, -0.15) is 0 Å². The molecule has 196 valence electrons. The van der Waals surface area contributed by atoms with Crippen LogP contribution in [0.3, 0.4) is 0 Å². The van der Waals surface area contributed by atoms with Gasteiger partial charge in [0.25, 0.3) is 11.8 Å². The van der Waals surface area contributed by atoms with E-state index in [0.717, 1.165) is 31.4 Å². The van der Waals surface area contributed by atoms with Gasteiger partial charge in [-0.15, -0.1) is 0 Å². The summed E-state index contributed by atoms with van der Waals surface area (Å²) in [6.07, 6.45) is 6.43. The lowest BCUT2D eigenvalue weighted by Crippen LogP contribution is -2.57. The number of para-hydroxylation sites is 1. The Hall–Kier alpha value is -2.77. The average Bonchev–Trinajstić information content (AvgIpc) is 3.16. The number of amides is 3. The fourth-order valence-corrected chi connectivity index (χ4v) is 6.42. The monoisotopic (exact) mass is 542 g/mol. The third-order valence-electron chi connectivity index (χ3n) is 7.93. The van der Waals surface area contributed by atoms with Gasteiger partial charge < -0.3 is 20.0 Å². The molecule has 1 saturated carbocycles. The normalized spacial score (nSPS) is 19.9. The van der Waals surface area contributed by atoms with Crippen molar-refractivity contribution in [2.75, 3.05) is 31.2 Å². The highest BCUT2D eigenvalue weighted by atomic mass is 35.5. The Labute approximate surface area is 227 Å². The van der Waals surface area contributed by atoms with Crippen LogP contribution in [-0.2, 0) is 9.59 Å². The number of likely N-dealkylation sites (tertiary alicyclic amines) is 1. The molecule has 1 aliphatic carbocycles. The smallest absolute Gasteiger partial charge is 0.255 e. The molecule has 1 spiro atoms. The zero-order valence-electron chi connectivity index (χ0n) is 20.8. The molecule has 2 aromatic rings. The zero-order valence-corrected chi connectivity index (χ0v) is 22.3. The summed E-state index contributed by atoms with van der Waals surface area (Å²) < 4.78 is 0. The second-order valence-corrected chi connectivity index (χ2v) is 11.1. The van der Waals surface area contributed by atoms with Gasteiger partial charge in [0.05, 0.1) is 17.3 Å². The van der Waals surface area contributed by atoms with Gasteiger partial charge in [0.15, 0.2) is 0 Å². The molecule has 3 aliphatic rings. The first kappa shape index (κ1) is 25.9. The van der Waals surface area contributed by atoms with E-state index in [2.05, 4.69) is 10.2 Å². The van der Waals surface area contributed by atoms with Crippen LogP contribution >= 0.6 is 23.2 Å². The van der Waals surface area contributed by atoms with Crippen molar-refractivity contribution in [2.24, 2.45) is 0 Å². The van der Waals surface area contributed by atoms with E-state index in [1.165, 1.54) is 6.42 Å². The van der Waals surface area contributed by atoms with E-state index in [9.17, 15) is 14.4 Å². The van der Waals surface area contributed by atoms with Crippen molar-refractivity contribution >= 4 is 46.6 Å². The Bertz CT molecular complexity index is 1160. The van der Waals surface area contributed by atoms with Crippen LogP contribution in [0.25, 0.3) is 0 Å². The van der Waals surface area contributed by atoms with E-state index in [1.807, 2.05) is 30.3 Å². The molecule has 3 fully saturated rings. The molecule has 0 aromatic heterocycles. The van der Waals surface area contributed by atoms with Crippen LogP contribution in [0.1, 0.15) is 55.3 Å². The standard InChI is InChI=1S/C28H32Cl2N4O3/c29-20-11-12-23(24(30)17-20)26(36)32-15-13-28(14-16-32)27(37)33(19-34(28)22-9-5-2-6-10-22)18-25(35)31-21-7-3-1-4-8-21/h2,5-6,9-12,17,21H,1,3-4,7-8,13-16,18-19H2,(H,31,35). The summed E-state index contributed by atoms with van der Waals surface area (Å²) in [7, 11) is 0. The first-order valence-corrected chi connectivity index (χ1v) is 13.8. The van der Waals surface area contributed by atoms with E-state index < -0.39 is 5.54 Å². The predicted molar refractivity (Wildman–Crippen MR) is 145 cm³/mol. The van der Waals surface area contributed by atoms with E-state index in [4.69, 9.17) is 23.2 Å². The highest BCUT2D eigenvalue weighted by Crippen LogP contribution is 2.40. The molecule has 0 bridgehead atoms. The van der Waals surface area contributed by atoms with Crippen LogP contribution in [0.15, 0.2) is 48.5 Å². The topological polar surface area (TPSA) is 73.0 Å². The van der Waals surface area contributed by atoms with Crippen molar-refractivity contribution in [1.29, 1.82) is 0 Å². The number of hydrogen-bond donors (Lipinski definition) is 1. The minimum absolute atomic E-state index is 0.0451. The van der Waals surface area contributed by atoms with Crippen molar-refractivity contribution in [2.45, 2.75) is 56.5 Å². The van der Waals surface area contributed by atoms with Crippen LogP contribution in [0.5, 0.6) is 0 Å². The van der Waals surface area contributed by atoms with Crippen molar-refractivity contribution in [3.8, 4) is 0 Å². The second-order valence-electron chi connectivity index (χ2n) is 10.3. The highest BCUT2D eigenvalue weighted by molar-refractivity contribution is 6.36. The van der Waals surface area contributed by atoms with Crippen LogP contribution in [0.4, 0.5) is 5.69 Å². The molecule has 3 amide bonds. The van der Waals surface area contributed by atoms with Gasteiger partial charge in [-0.3, -0.25) is 14.4 Å². The third-order valence-corrected chi connectivity index (χ3v) is 8.47. The molecule has 2 heterocycles. The highest BCUT2D eigenvalue weighted by Gasteiger charge is 2.54. The largest absolute Gasteiger partial charge is 0.352 e. The molecule has 0 atom stereocenters. The number of hydrogen-bond acceptors (Lipinski definition) is 4. The van der Waals surface area contributed by atoms with Gasteiger partial charge in [0, 0.05) is 29.8 Å². The van der Waals surface area contributed by atoms with E-state index >= 15 is 0 Å². The van der Waals surface area contributed by atoms with Gasteiger partial charge in [0.1, 0.15) is 12.1 Å². The summed E-state index contributed by atoms with van der Waals surface area (Å²) >= 11 is 12.3. The lowest BCUT2D eigenvalue weighted by Gasteiger charge is -2.43. The van der Waals surface area contributed by atoms with Gasteiger partial charge in [0.2, 0.25) is 5.91 Å². The molecule has 2 aromatic carbocycles. The van der Waals surface area contributed by atoms with Crippen molar-refractivity contribution in [1.82, 2.24) is 15.1 Å². The molecular formula is C28H32Cl2N4O3. The number of anilines is 1. The molecule has 0 radical (unpaired) electrons. The third kappa shape index (κ3) is 5.30. The fraction of sp³-hybridized carbons (Fsp3) is 0.464. The first-order chi connectivity index (χ1) is 17.9. The molecule has 5 rings (SSSR count). The van der Waals surface area contributed by atoms with E-state index in [-0.39, 0.29) is 30.3 Å². The Kier molecular flexibility index (Phi) is 7.63. The molecule has 0 unspecified atom stereocenters. The van der Waals surface area contributed by atoms with Crippen molar-refractivity contribution in [3.63, 3.8) is 0 Å². The summed E-state index contributed by atoms with van der Waals surface area (Å²) in [6.45, 7) is 1.21. The number of carbonyl (C=O) groups excluding carboxylic acids is 3. The maximum atomic E-state index is 13.9. The maximum Gasteiger partial charge on any atom is 0.255 e. The lowest BCUT2D eigenvalue weighted by molar-refractivity contribution is -0.137. The molecule has 2 aliphatic heterocycles. The fourth-order valence-electron chi connectivity index (χ4n) is 5.93. The number of carbonyl (C=O) groups is 3. The molecule has 2 saturated heterocycles. The molecule has 37 heavy (non-hydrogen) atoms. The molecule has 9 heteroatoms. The number of nitrogens with zero attached hydrogens (tertiary/aromatic N) is 3. The number of halogens is 2. The summed E-state index contributed by atoms with van der Waals surface area (Å²) in [6, 6.07) is 14.9. The van der Waals surface area contributed by atoms with Crippen LogP contribution < -0.4 is 10.2 Å². The Balaban J connectivity index is 1.32. The average molecular weight is 543 g/mol. The Morgan fingerprint density at radius 3 is 2.35 bits per heavy atom. The summed E-state index contributed by atoms with van der Waals surface area (Å²) in [5.74, 6) is -0.320. The second kappa shape index (κ2) is 10.9. The van der Waals surface area contributed by atoms with Gasteiger partial charge in [-0.1, -0.05) is 60.7 Å². The predicted octanol–water partition coefficient (Wildman–Crippen LogP) is 4.72. The minimum Gasteiger partial charge on any atom is -0.352 e. The molecular weight excluding hydrogens is 511 g/mol. The number of rotatable bonds is 5. The number of benzene rings is 2. The summed E-state index contributed by atoms with van der Waals surface area (Å²) in [5.41, 5.74) is 0.541. The quantitative estimate of drug-likeness (QED) is 0.593. The molecule has 7 nitrogen and oxygen atoms in total. The van der Waals surface area contributed by atoms with Gasteiger partial charge in [-0.05, 0) is 56.0 Å². The van der Waals surface area contributed by atoms with Gasteiger partial charge in [-0.25, -0.2) is 0 Å². The summed E-state index contributed by atoms with van der Waals surface area (Å²) in [5, 5.41) is 3.92. The molecule has 1 N–H and O–H groups in total. The van der Waals surface area contributed by atoms with Crippen LogP contribution in [-0.4, -0.2) is 65.4 Å². The van der Waals surface area contributed by atoms with Crippen molar-refractivity contribution < 1.29 is 14.4 Å². The lowest BCUT2D eigenvalue weighted by atomic mass is 9.85. The van der Waals surface area contributed by atoms with Crippen LogP contribution in [0, 0.1) is 0 Å². The number of piperidine rings is 1. The van der Waals surface area contributed by atoms with Crippen molar-refractivity contribution in [3.05, 3.63) is 64.1 Å². The first-order valence-electron chi connectivity index (χ1n) is 13.0. The maximum absolute atomic E-state index is 13.9. The zero-order chi connectivity index (χ0) is 26.0. The van der Waals surface area contributed by atoms with Crippen LogP contribution in [0.2, 0.25) is 10.0 Å². The SMILES string of the molecule is O=C(CN1CN(c2ccccc2)C2(CCN(C(=O)c3ccc(Cl)cc3Cl)CC2)C1=O)NC1CCCCC1. The Morgan fingerprint density at radius 2 is 1.68 bits per heavy atom. The Morgan fingerprint density at radius 1 is 0.973 bits per heavy atom. The van der Waals surface area contributed by atoms with Gasteiger partial charge >= 0.3 is 0 Å². The number of nitrogens with one attached hydrogen (secondary N) is 1. The minimum atomic E-state index is -0.799.